The number of rotatable bonds is 1. The van der Waals surface area contributed by atoms with E-state index in [1.54, 1.807) is 0 Å². The third-order valence-electron chi connectivity index (χ3n) is 1.36. The summed E-state index contributed by atoms with van der Waals surface area (Å²) >= 11 is 0. The fraction of sp³-hybridized carbons (Fsp3) is 0.800. The monoisotopic (exact) mass is 138 g/mol. The van der Waals surface area contributed by atoms with Crippen LogP contribution in [-0.2, 0) is 4.79 Å². The molecule has 0 amide bonds. The summed E-state index contributed by atoms with van der Waals surface area (Å²) in [6.07, 6.45) is 1.78. The molecule has 1 rings (SSSR count). The third kappa shape index (κ3) is 2.67. The Kier molecular flexibility index (Phi) is 4.48. The Bertz CT molecular complexity index is 101. The van der Waals surface area contributed by atoms with Crippen molar-refractivity contribution in [2.75, 3.05) is 6.54 Å². The van der Waals surface area contributed by atoms with Crippen molar-refractivity contribution in [2.24, 2.45) is 0 Å². The number of hydrogen-bond donors (Lipinski definition) is 2. The maximum Gasteiger partial charge on any atom is 0.320 e. The van der Waals surface area contributed by atoms with Gasteiger partial charge in [0.1, 0.15) is 6.04 Å². The van der Waals surface area contributed by atoms with E-state index in [0.717, 1.165) is 19.4 Å². The second-order valence-electron chi connectivity index (χ2n) is 1.99. The number of nitrogens with one attached hydrogen (secondary N) is 1. The average molecular weight is 138 g/mol. The fourth-order valence-corrected chi connectivity index (χ4v) is 0.895. The Labute approximate surface area is 76.1 Å². The Morgan fingerprint density at radius 3 is 2.56 bits per heavy atom. The second-order valence-corrected chi connectivity index (χ2v) is 1.99. The molecule has 0 aromatic carbocycles. The van der Waals surface area contributed by atoms with E-state index in [9.17, 15) is 4.79 Å². The minimum absolute atomic E-state index is 0. The molecule has 1 heterocycles. The van der Waals surface area contributed by atoms with Gasteiger partial charge in [-0.05, 0) is 19.4 Å². The molecule has 4 heteroatoms. The van der Waals surface area contributed by atoms with Crippen molar-refractivity contribution in [1.29, 1.82) is 0 Å². The Morgan fingerprint density at radius 1 is 1.67 bits per heavy atom. The molecule has 2 N–H and O–H groups in total. The molecule has 3 nitrogen and oxygen atoms in total. The van der Waals surface area contributed by atoms with Crippen LogP contribution in [0.25, 0.3) is 0 Å². The molecule has 0 unspecified atom stereocenters. The van der Waals surface area contributed by atoms with Crippen LogP contribution in [0.3, 0.4) is 0 Å². The number of carboxylic acids is 1. The first-order chi connectivity index (χ1) is 3.80. The van der Waals surface area contributed by atoms with Crippen LogP contribution in [0.5, 0.6) is 0 Å². The van der Waals surface area contributed by atoms with Crippen LogP contribution in [0.4, 0.5) is 0 Å². The van der Waals surface area contributed by atoms with Gasteiger partial charge in [0, 0.05) is 29.6 Å². The largest absolute Gasteiger partial charge is 0.480 e. The molecular formula is C5H9NNaO2. The van der Waals surface area contributed by atoms with E-state index in [0.29, 0.717) is 0 Å². The summed E-state index contributed by atoms with van der Waals surface area (Å²) in [6, 6.07) is -0.269. The first-order valence-electron chi connectivity index (χ1n) is 2.77. The summed E-state index contributed by atoms with van der Waals surface area (Å²) in [7, 11) is 0. The first-order valence-corrected chi connectivity index (χ1v) is 2.77. The van der Waals surface area contributed by atoms with Gasteiger partial charge in [-0.15, -0.1) is 0 Å². The van der Waals surface area contributed by atoms with Crippen molar-refractivity contribution >= 4 is 35.5 Å². The molecule has 1 radical (unpaired) electrons. The molecule has 1 aliphatic rings. The van der Waals surface area contributed by atoms with Crippen molar-refractivity contribution in [3.63, 3.8) is 0 Å². The summed E-state index contributed by atoms with van der Waals surface area (Å²) < 4.78 is 0. The molecule has 1 fully saturated rings. The van der Waals surface area contributed by atoms with Gasteiger partial charge in [0.05, 0.1) is 0 Å². The molecule has 1 atom stereocenters. The zero-order chi connectivity index (χ0) is 5.98. The zero-order valence-corrected chi connectivity index (χ0v) is 7.55. The van der Waals surface area contributed by atoms with Crippen molar-refractivity contribution < 1.29 is 9.90 Å². The Balaban J connectivity index is 0.000000640. The third-order valence-corrected chi connectivity index (χ3v) is 1.36. The van der Waals surface area contributed by atoms with Gasteiger partial charge in [-0.25, -0.2) is 0 Å². The topological polar surface area (TPSA) is 49.3 Å². The van der Waals surface area contributed by atoms with E-state index >= 15 is 0 Å². The molecule has 0 aromatic heterocycles. The number of hydrogen-bond acceptors (Lipinski definition) is 2. The molecule has 1 saturated heterocycles. The summed E-state index contributed by atoms with van der Waals surface area (Å²) in [5.41, 5.74) is 0. The number of carboxylic acid groups (broad SMARTS) is 1. The van der Waals surface area contributed by atoms with Crippen LogP contribution in [-0.4, -0.2) is 53.2 Å². The Morgan fingerprint density at radius 2 is 2.33 bits per heavy atom. The van der Waals surface area contributed by atoms with Gasteiger partial charge in [-0.1, -0.05) is 0 Å². The van der Waals surface area contributed by atoms with Gasteiger partial charge in [0.2, 0.25) is 0 Å². The molecule has 9 heavy (non-hydrogen) atoms. The second kappa shape index (κ2) is 4.28. The zero-order valence-electron chi connectivity index (χ0n) is 5.55. The van der Waals surface area contributed by atoms with Crippen molar-refractivity contribution in [1.82, 2.24) is 5.32 Å². The minimum atomic E-state index is -0.720. The molecule has 1 aliphatic heterocycles. The predicted octanol–water partition coefficient (Wildman–Crippen LogP) is -0.558. The van der Waals surface area contributed by atoms with Crippen LogP contribution in [0.2, 0.25) is 0 Å². The van der Waals surface area contributed by atoms with Crippen LogP contribution >= 0.6 is 0 Å². The van der Waals surface area contributed by atoms with E-state index in [1.807, 2.05) is 0 Å². The van der Waals surface area contributed by atoms with Gasteiger partial charge < -0.3 is 10.4 Å². The first kappa shape index (κ1) is 9.43. The summed E-state index contributed by atoms with van der Waals surface area (Å²) in [4.78, 5) is 10.1. The fourth-order valence-electron chi connectivity index (χ4n) is 0.895. The summed E-state index contributed by atoms with van der Waals surface area (Å²) in [5.74, 6) is -0.720. The normalized spacial score (nSPS) is 25.1. The van der Waals surface area contributed by atoms with Gasteiger partial charge in [-0.2, -0.15) is 0 Å². The van der Waals surface area contributed by atoms with E-state index in [2.05, 4.69) is 5.32 Å². The molecular weight excluding hydrogens is 129 g/mol. The molecule has 0 bridgehead atoms. The molecule has 0 saturated carbocycles. The van der Waals surface area contributed by atoms with Crippen LogP contribution in [0.1, 0.15) is 12.8 Å². The van der Waals surface area contributed by atoms with Gasteiger partial charge in [0.25, 0.3) is 0 Å². The van der Waals surface area contributed by atoms with Gasteiger partial charge in [0.15, 0.2) is 0 Å². The minimum Gasteiger partial charge on any atom is -0.480 e. The Hall–Kier alpha value is 0.430. The molecule has 0 aromatic rings. The predicted molar refractivity (Wildman–Crippen MR) is 34.4 cm³/mol. The van der Waals surface area contributed by atoms with Crippen molar-refractivity contribution in [3.05, 3.63) is 0 Å². The summed E-state index contributed by atoms with van der Waals surface area (Å²) in [6.45, 7) is 0.858. The van der Waals surface area contributed by atoms with Gasteiger partial charge >= 0.3 is 5.97 Å². The van der Waals surface area contributed by atoms with Crippen LogP contribution in [0, 0.1) is 0 Å². The van der Waals surface area contributed by atoms with Crippen molar-refractivity contribution in [2.45, 2.75) is 18.9 Å². The standard InChI is InChI=1S/C5H9NO2.Na/c7-5(8)4-2-1-3-6-4;/h4,6H,1-3H2,(H,7,8);/t4-;/m0./s1. The SMILES string of the molecule is O=C(O)[C@@H]1CCCN1.[Na]. The van der Waals surface area contributed by atoms with Crippen molar-refractivity contribution in [3.8, 4) is 0 Å². The average Bonchev–Trinajstić information content (AvgIpc) is 2.12. The van der Waals surface area contributed by atoms with E-state index in [4.69, 9.17) is 5.11 Å². The maximum absolute atomic E-state index is 10.1. The van der Waals surface area contributed by atoms with Gasteiger partial charge in [-0.3, -0.25) is 4.79 Å². The molecule has 0 spiro atoms. The molecule has 0 aliphatic carbocycles. The number of carbonyl (C=O) groups is 1. The van der Waals surface area contributed by atoms with Crippen LogP contribution < -0.4 is 5.32 Å². The van der Waals surface area contributed by atoms with E-state index < -0.39 is 5.97 Å². The number of aliphatic carboxylic acids is 1. The maximum atomic E-state index is 10.1. The van der Waals surface area contributed by atoms with Crippen LogP contribution in [0.15, 0.2) is 0 Å². The van der Waals surface area contributed by atoms with E-state index in [1.165, 1.54) is 0 Å². The summed E-state index contributed by atoms with van der Waals surface area (Å²) in [5, 5.41) is 11.2. The van der Waals surface area contributed by atoms with E-state index in [-0.39, 0.29) is 35.6 Å². The molecule has 47 valence electrons. The smallest absolute Gasteiger partial charge is 0.320 e. The quantitative estimate of drug-likeness (QED) is 0.477.